The van der Waals surface area contributed by atoms with Crippen molar-refractivity contribution in [3.8, 4) is 12.3 Å². The Balaban J connectivity index is 2.47. The van der Waals surface area contributed by atoms with Crippen LogP contribution in [0.3, 0.4) is 0 Å². The molecule has 0 N–H and O–H groups in total. The van der Waals surface area contributed by atoms with E-state index in [4.69, 9.17) is 20.6 Å². The van der Waals surface area contributed by atoms with Crippen molar-refractivity contribution in [3.05, 3.63) is 52.8 Å². The molecule has 0 fully saturated rings. The Bertz CT molecular complexity index is 1000. The van der Waals surface area contributed by atoms with Crippen molar-refractivity contribution < 1.29 is 19.0 Å². The largest absolute Gasteiger partial charge is 0.512 e. The lowest BCUT2D eigenvalue weighted by Crippen LogP contribution is -2.12. The molecule has 2 aromatic rings. The van der Waals surface area contributed by atoms with Gasteiger partial charge in [0.25, 0.3) is 0 Å². The van der Waals surface area contributed by atoms with Crippen molar-refractivity contribution >= 4 is 23.7 Å². The number of benzene rings is 1. The molecule has 31 heavy (non-hydrogen) atoms. The van der Waals surface area contributed by atoms with Gasteiger partial charge in [0.1, 0.15) is 5.69 Å². The fourth-order valence-corrected chi connectivity index (χ4v) is 2.93. The number of terminal acetylenes is 1. The van der Waals surface area contributed by atoms with E-state index in [2.05, 4.69) is 48.9 Å². The lowest BCUT2D eigenvalue weighted by molar-refractivity contribution is -0.000795. The summed E-state index contributed by atoms with van der Waals surface area (Å²) in [5, 5.41) is 4.40. The van der Waals surface area contributed by atoms with E-state index in [1.165, 1.54) is 5.56 Å². The molecule has 0 spiro atoms. The predicted octanol–water partition coefficient (Wildman–Crippen LogP) is 4.36. The summed E-state index contributed by atoms with van der Waals surface area (Å²) in [5.41, 5.74) is 4.42. The normalized spacial score (nSPS) is 12.3. The van der Waals surface area contributed by atoms with Gasteiger partial charge in [-0.2, -0.15) is 5.10 Å². The smallest absolute Gasteiger partial charge is 0.454 e. The Labute approximate surface area is 183 Å². The average Bonchev–Trinajstić information content (AvgIpc) is 3.05. The second-order valence-corrected chi connectivity index (χ2v) is 7.90. The van der Waals surface area contributed by atoms with Crippen molar-refractivity contribution in [2.24, 2.45) is 12.0 Å². The maximum absolute atomic E-state index is 11.6. The lowest BCUT2D eigenvalue weighted by Gasteiger charge is -2.20. The zero-order valence-corrected chi connectivity index (χ0v) is 18.9. The summed E-state index contributed by atoms with van der Waals surface area (Å²) in [6, 6.07) is 10.1. The molecule has 1 heterocycles. The van der Waals surface area contributed by atoms with Crippen LogP contribution < -0.4 is 0 Å². The lowest BCUT2D eigenvalue weighted by atomic mass is 9.86. The standard InChI is InChI=1S/C24H29N3O4/c1-8-13-29-23(28)31-16-30-22(21-14-17(2)26-27(21)7)20(15-25-6)18-9-11-19(12-10-18)24(3,4)5/h1,9-12,14-15H,13,16H2,2-7H3/b22-20-,25-15-. The highest BCUT2D eigenvalue weighted by atomic mass is 16.8. The van der Waals surface area contributed by atoms with Gasteiger partial charge in [-0.3, -0.25) is 9.67 Å². The molecule has 0 unspecified atom stereocenters. The van der Waals surface area contributed by atoms with Gasteiger partial charge in [0.15, 0.2) is 12.4 Å². The molecule has 164 valence electrons. The summed E-state index contributed by atoms with van der Waals surface area (Å²) in [6.07, 6.45) is 5.88. The maximum Gasteiger partial charge on any atom is 0.512 e. The van der Waals surface area contributed by atoms with Gasteiger partial charge in [-0.05, 0) is 29.5 Å². The van der Waals surface area contributed by atoms with Crippen LogP contribution >= 0.6 is 0 Å². The summed E-state index contributed by atoms with van der Waals surface area (Å²) < 4.78 is 17.3. The first-order chi connectivity index (χ1) is 14.7. The van der Waals surface area contributed by atoms with Gasteiger partial charge < -0.3 is 14.2 Å². The Hall–Kier alpha value is -3.53. The van der Waals surface area contributed by atoms with E-state index < -0.39 is 6.16 Å². The van der Waals surface area contributed by atoms with E-state index in [1.807, 2.05) is 32.2 Å². The quantitative estimate of drug-likeness (QED) is 0.218. The number of hydrogen-bond acceptors (Lipinski definition) is 6. The number of aryl methyl sites for hydroxylation is 2. The van der Waals surface area contributed by atoms with E-state index in [0.717, 1.165) is 16.8 Å². The number of ether oxygens (including phenoxy) is 3. The number of rotatable bonds is 7. The summed E-state index contributed by atoms with van der Waals surface area (Å²) >= 11 is 0. The first-order valence-electron chi connectivity index (χ1n) is 9.81. The van der Waals surface area contributed by atoms with Gasteiger partial charge in [-0.1, -0.05) is 51.0 Å². The number of carbonyl (C=O) groups excluding carboxylic acids is 1. The fraction of sp³-hybridized carbons (Fsp3) is 0.375. The summed E-state index contributed by atoms with van der Waals surface area (Å²) in [5.74, 6) is 2.68. The molecule has 2 rings (SSSR count). The molecule has 7 heteroatoms. The van der Waals surface area contributed by atoms with Crippen LogP contribution in [0.15, 0.2) is 35.3 Å². The van der Waals surface area contributed by atoms with Crippen LogP contribution in [0.5, 0.6) is 0 Å². The highest BCUT2D eigenvalue weighted by molar-refractivity contribution is 6.18. The molecule has 0 bridgehead atoms. The van der Waals surface area contributed by atoms with Crippen LogP contribution in [0.25, 0.3) is 11.3 Å². The van der Waals surface area contributed by atoms with Crippen LogP contribution in [0.4, 0.5) is 4.79 Å². The van der Waals surface area contributed by atoms with E-state index in [-0.39, 0.29) is 18.8 Å². The molecular weight excluding hydrogens is 394 g/mol. The molecule has 0 saturated heterocycles. The number of aliphatic imine (C=N–C) groups is 1. The minimum absolute atomic E-state index is 0.0340. The first-order valence-corrected chi connectivity index (χ1v) is 9.81. The number of hydrogen-bond donors (Lipinski definition) is 0. The number of nitrogens with zero attached hydrogens (tertiary/aromatic N) is 3. The number of carbonyl (C=O) groups is 1. The molecule has 0 aliphatic carbocycles. The average molecular weight is 424 g/mol. The zero-order valence-electron chi connectivity index (χ0n) is 18.9. The highest BCUT2D eigenvalue weighted by Crippen LogP contribution is 2.29. The maximum atomic E-state index is 11.6. The van der Waals surface area contributed by atoms with Gasteiger partial charge in [0.2, 0.25) is 6.79 Å². The van der Waals surface area contributed by atoms with Crippen LogP contribution in [-0.2, 0) is 26.7 Å². The van der Waals surface area contributed by atoms with Crippen molar-refractivity contribution in [1.29, 1.82) is 0 Å². The van der Waals surface area contributed by atoms with Gasteiger partial charge in [-0.15, -0.1) is 6.42 Å². The van der Waals surface area contributed by atoms with Crippen molar-refractivity contribution in [3.63, 3.8) is 0 Å². The predicted molar refractivity (Wildman–Crippen MR) is 122 cm³/mol. The summed E-state index contributed by atoms with van der Waals surface area (Å²) in [6.45, 7) is 7.85. The molecule has 1 aromatic heterocycles. The monoisotopic (exact) mass is 423 g/mol. The van der Waals surface area contributed by atoms with Crippen LogP contribution in [0.2, 0.25) is 0 Å². The van der Waals surface area contributed by atoms with E-state index in [1.54, 1.807) is 17.9 Å². The van der Waals surface area contributed by atoms with Crippen molar-refractivity contribution in [2.45, 2.75) is 33.1 Å². The minimum Gasteiger partial charge on any atom is -0.454 e. The third-order valence-electron chi connectivity index (χ3n) is 4.45. The SMILES string of the molecule is C#CCOC(=O)OCO/C(=C(/C=N\C)c1ccc(C(C)(C)C)cc1)c1cc(C)nn1C. The molecule has 0 saturated carbocycles. The molecule has 0 aliphatic rings. The minimum atomic E-state index is -0.904. The molecule has 0 radical (unpaired) electrons. The Morgan fingerprint density at radius 2 is 1.90 bits per heavy atom. The van der Waals surface area contributed by atoms with E-state index in [9.17, 15) is 4.79 Å². The Morgan fingerprint density at radius 3 is 2.42 bits per heavy atom. The zero-order chi connectivity index (χ0) is 23.0. The first kappa shape index (κ1) is 23.7. The van der Waals surface area contributed by atoms with Crippen LogP contribution in [0, 0.1) is 19.3 Å². The summed E-state index contributed by atoms with van der Waals surface area (Å²) in [7, 11) is 3.50. The number of aromatic nitrogens is 2. The molecule has 7 nitrogen and oxygen atoms in total. The van der Waals surface area contributed by atoms with Gasteiger partial charge in [0, 0.05) is 25.9 Å². The molecule has 0 atom stereocenters. The topological polar surface area (TPSA) is 74.9 Å². The molecule has 1 aromatic carbocycles. The Kier molecular flexibility index (Phi) is 8.03. The van der Waals surface area contributed by atoms with Crippen molar-refractivity contribution in [1.82, 2.24) is 9.78 Å². The van der Waals surface area contributed by atoms with Crippen molar-refractivity contribution in [2.75, 3.05) is 20.4 Å². The van der Waals surface area contributed by atoms with Gasteiger partial charge in [-0.25, -0.2) is 4.79 Å². The second kappa shape index (κ2) is 10.5. The van der Waals surface area contributed by atoms with Crippen LogP contribution in [-0.4, -0.2) is 42.6 Å². The third-order valence-corrected chi connectivity index (χ3v) is 4.45. The number of allylic oxidation sites excluding steroid dienone is 1. The second-order valence-electron chi connectivity index (χ2n) is 7.90. The Morgan fingerprint density at radius 1 is 1.23 bits per heavy atom. The highest BCUT2D eigenvalue weighted by Gasteiger charge is 2.19. The summed E-state index contributed by atoms with van der Waals surface area (Å²) in [4.78, 5) is 15.8. The fourth-order valence-electron chi connectivity index (χ4n) is 2.93. The van der Waals surface area contributed by atoms with E-state index >= 15 is 0 Å². The third kappa shape index (κ3) is 6.48. The van der Waals surface area contributed by atoms with Gasteiger partial charge in [0.05, 0.1) is 5.69 Å². The van der Waals surface area contributed by atoms with E-state index in [0.29, 0.717) is 11.5 Å². The molecule has 0 amide bonds. The molecule has 0 aliphatic heterocycles. The van der Waals surface area contributed by atoms with Crippen LogP contribution in [0.1, 0.15) is 43.3 Å². The molecular formula is C24H29N3O4. The van der Waals surface area contributed by atoms with Gasteiger partial charge >= 0.3 is 6.16 Å².